The molecule has 0 fully saturated rings. The lowest BCUT2D eigenvalue weighted by atomic mass is 10.2. The van der Waals surface area contributed by atoms with Crippen LogP contribution in [0, 0.1) is 0 Å². The summed E-state index contributed by atoms with van der Waals surface area (Å²) < 4.78 is 10.1. The van der Waals surface area contributed by atoms with Crippen LogP contribution >= 0.6 is 31.9 Å². The molecule has 0 saturated carbocycles. The maximum Gasteiger partial charge on any atom is 0.215 e. The molecule has 132 valence electrons. The number of rotatable bonds is 4. The average molecular weight is 476 g/mol. The molecule has 2 unspecified atom stereocenters. The van der Waals surface area contributed by atoms with Crippen LogP contribution in [0.1, 0.15) is 13.2 Å². The van der Waals surface area contributed by atoms with Crippen LogP contribution in [0.4, 0.5) is 0 Å². The van der Waals surface area contributed by atoms with Gasteiger partial charge in [-0.15, -0.1) is 0 Å². The standard InChI is InChI=1S/C20H16Br2N2O2/c1-12(25)20(26-19-4-2-3-9-23-19)24-17-7-5-13(21)10-15(17)16-11-14(22)6-8-18(16)24/h2-12,20,25H,1H3. The van der Waals surface area contributed by atoms with Gasteiger partial charge in [0.25, 0.3) is 0 Å². The SMILES string of the molecule is CC(O)C(Oc1ccccn1)n1c2ccc(Br)cc2c2cc(Br)ccc21. The van der Waals surface area contributed by atoms with E-state index in [1.54, 1.807) is 19.2 Å². The van der Waals surface area contributed by atoms with Gasteiger partial charge in [0.1, 0.15) is 6.10 Å². The highest BCUT2D eigenvalue weighted by Gasteiger charge is 2.24. The molecule has 0 bridgehead atoms. The Hall–Kier alpha value is -1.89. The highest BCUT2D eigenvalue weighted by molar-refractivity contribution is 9.10. The summed E-state index contributed by atoms with van der Waals surface area (Å²) in [5, 5.41) is 12.7. The maximum absolute atomic E-state index is 10.5. The van der Waals surface area contributed by atoms with Gasteiger partial charge >= 0.3 is 0 Å². The van der Waals surface area contributed by atoms with Crippen LogP contribution in [0.5, 0.6) is 5.88 Å². The molecule has 4 aromatic rings. The summed E-state index contributed by atoms with van der Waals surface area (Å²) in [6, 6.07) is 17.7. The fourth-order valence-electron chi connectivity index (χ4n) is 3.18. The van der Waals surface area contributed by atoms with Gasteiger partial charge in [0, 0.05) is 32.0 Å². The fraction of sp³-hybridized carbons (Fsp3) is 0.150. The van der Waals surface area contributed by atoms with E-state index in [4.69, 9.17) is 4.74 Å². The normalized spacial score (nSPS) is 13.8. The van der Waals surface area contributed by atoms with Crippen molar-refractivity contribution in [1.82, 2.24) is 9.55 Å². The summed E-state index contributed by atoms with van der Waals surface area (Å²) in [6.07, 6.45) is 0.337. The number of ether oxygens (including phenoxy) is 1. The number of benzene rings is 2. The second kappa shape index (κ2) is 7.02. The van der Waals surface area contributed by atoms with Gasteiger partial charge in [-0.3, -0.25) is 0 Å². The molecule has 0 spiro atoms. The van der Waals surface area contributed by atoms with E-state index in [-0.39, 0.29) is 0 Å². The number of hydrogen-bond acceptors (Lipinski definition) is 3. The van der Waals surface area contributed by atoms with Crippen molar-refractivity contribution in [3.63, 3.8) is 0 Å². The van der Waals surface area contributed by atoms with E-state index < -0.39 is 12.3 Å². The van der Waals surface area contributed by atoms with Gasteiger partial charge in [0.2, 0.25) is 12.1 Å². The number of hydrogen-bond donors (Lipinski definition) is 1. The van der Waals surface area contributed by atoms with Crippen LogP contribution in [-0.4, -0.2) is 20.8 Å². The highest BCUT2D eigenvalue weighted by atomic mass is 79.9. The molecule has 0 aliphatic heterocycles. The molecule has 0 aliphatic carbocycles. The fourth-order valence-corrected chi connectivity index (χ4v) is 3.90. The van der Waals surface area contributed by atoms with Crippen molar-refractivity contribution in [3.05, 3.63) is 69.7 Å². The molecule has 6 heteroatoms. The number of aliphatic hydroxyl groups is 1. The lowest BCUT2D eigenvalue weighted by Crippen LogP contribution is -2.27. The minimum atomic E-state index is -0.733. The lowest BCUT2D eigenvalue weighted by molar-refractivity contribution is 0.00383. The first-order chi connectivity index (χ1) is 12.5. The molecule has 2 heterocycles. The van der Waals surface area contributed by atoms with E-state index >= 15 is 0 Å². The smallest absolute Gasteiger partial charge is 0.215 e. The van der Waals surface area contributed by atoms with E-state index in [9.17, 15) is 5.11 Å². The zero-order valence-corrected chi connectivity index (χ0v) is 17.1. The molecule has 4 nitrogen and oxygen atoms in total. The monoisotopic (exact) mass is 474 g/mol. The van der Waals surface area contributed by atoms with E-state index in [2.05, 4.69) is 49.0 Å². The Bertz CT molecular complexity index is 1020. The van der Waals surface area contributed by atoms with Crippen molar-refractivity contribution < 1.29 is 9.84 Å². The summed E-state index contributed by atoms with van der Waals surface area (Å²) in [7, 11) is 0. The molecule has 0 radical (unpaired) electrons. The Morgan fingerprint density at radius 1 is 0.962 bits per heavy atom. The summed E-state index contributed by atoms with van der Waals surface area (Å²) in [5.74, 6) is 0.475. The van der Waals surface area contributed by atoms with Gasteiger partial charge in [-0.1, -0.05) is 37.9 Å². The molecule has 26 heavy (non-hydrogen) atoms. The van der Waals surface area contributed by atoms with Gasteiger partial charge in [-0.2, -0.15) is 0 Å². The number of fused-ring (bicyclic) bond motifs is 3. The van der Waals surface area contributed by atoms with Gasteiger partial charge < -0.3 is 14.4 Å². The van der Waals surface area contributed by atoms with E-state index in [0.717, 1.165) is 30.8 Å². The lowest BCUT2D eigenvalue weighted by Gasteiger charge is -2.24. The molecule has 1 N–H and O–H groups in total. The zero-order valence-electron chi connectivity index (χ0n) is 13.9. The number of pyridine rings is 1. The third-order valence-corrected chi connectivity index (χ3v) is 5.26. The van der Waals surface area contributed by atoms with Crippen LogP contribution < -0.4 is 4.74 Å². The molecule has 4 rings (SSSR count). The number of nitrogens with zero attached hydrogens (tertiary/aromatic N) is 2. The van der Waals surface area contributed by atoms with Crippen molar-refractivity contribution in [2.45, 2.75) is 19.3 Å². The van der Waals surface area contributed by atoms with Crippen molar-refractivity contribution in [3.8, 4) is 5.88 Å². The van der Waals surface area contributed by atoms with Gasteiger partial charge in [0.15, 0.2) is 0 Å². The highest BCUT2D eigenvalue weighted by Crippen LogP contribution is 2.36. The Morgan fingerprint density at radius 2 is 1.58 bits per heavy atom. The predicted molar refractivity (Wildman–Crippen MR) is 110 cm³/mol. The van der Waals surface area contributed by atoms with E-state index in [0.29, 0.717) is 5.88 Å². The molecule has 2 atom stereocenters. The minimum Gasteiger partial charge on any atom is -0.450 e. The zero-order chi connectivity index (χ0) is 18.3. The largest absolute Gasteiger partial charge is 0.450 e. The second-order valence-corrected chi connectivity index (χ2v) is 7.94. The molecule has 0 saturated heterocycles. The Balaban J connectivity index is 1.97. The number of aliphatic hydroxyl groups excluding tert-OH is 1. The third-order valence-electron chi connectivity index (χ3n) is 4.27. The first kappa shape index (κ1) is 17.5. The Kier molecular flexibility index (Phi) is 4.73. The Labute approximate surface area is 167 Å². The summed E-state index contributed by atoms with van der Waals surface area (Å²) in [5.41, 5.74) is 1.98. The van der Waals surface area contributed by atoms with Gasteiger partial charge in [0.05, 0.1) is 11.0 Å². The average Bonchev–Trinajstić information content (AvgIpc) is 2.93. The quantitative estimate of drug-likeness (QED) is 0.413. The maximum atomic E-state index is 10.5. The van der Waals surface area contributed by atoms with Crippen molar-refractivity contribution in [2.75, 3.05) is 0 Å². The molecular formula is C20H16Br2N2O2. The molecule has 0 aliphatic rings. The topological polar surface area (TPSA) is 47.3 Å². The number of aromatic nitrogens is 2. The van der Waals surface area contributed by atoms with Crippen LogP contribution in [0.15, 0.2) is 69.7 Å². The van der Waals surface area contributed by atoms with Crippen molar-refractivity contribution in [1.29, 1.82) is 0 Å². The summed E-state index contributed by atoms with van der Waals surface area (Å²) in [4.78, 5) is 4.24. The van der Waals surface area contributed by atoms with Crippen LogP contribution in [0.2, 0.25) is 0 Å². The first-order valence-electron chi connectivity index (χ1n) is 8.19. The molecule has 0 amide bonds. The van der Waals surface area contributed by atoms with Crippen LogP contribution in [0.25, 0.3) is 21.8 Å². The van der Waals surface area contributed by atoms with Gasteiger partial charge in [-0.05, 0) is 49.4 Å². The minimum absolute atomic E-state index is 0.475. The molecule has 2 aromatic heterocycles. The second-order valence-electron chi connectivity index (χ2n) is 6.11. The molecular weight excluding hydrogens is 460 g/mol. The third kappa shape index (κ3) is 3.13. The van der Waals surface area contributed by atoms with E-state index in [1.165, 1.54) is 0 Å². The van der Waals surface area contributed by atoms with Crippen molar-refractivity contribution >= 4 is 53.7 Å². The predicted octanol–water partition coefficient (Wildman–Crippen LogP) is 5.67. The van der Waals surface area contributed by atoms with Gasteiger partial charge in [-0.25, -0.2) is 4.98 Å². The van der Waals surface area contributed by atoms with E-state index in [1.807, 2.05) is 41.0 Å². The summed E-state index contributed by atoms with van der Waals surface area (Å²) in [6.45, 7) is 1.73. The first-order valence-corrected chi connectivity index (χ1v) is 9.77. The van der Waals surface area contributed by atoms with Crippen molar-refractivity contribution in [2.24, 2.45) is 0 Å². The Morgan fingerprint density at radius 3 is 2.08 bits per heavy atom. The van der Waals surface area contributed by atoms with Crippen LogP contribution in [-0.2, 0) is 0 Å². The summed E-state index contributed by atoms with van der Waals surface area (Å²) >= 11 is 7.11. The number of halogens is 2. The molecule has 2 aromatic carbocycles. The van der Waals surface area contributed by atoms with Crippen LogP contribution in [0.3, 0.4) is 0 Å².